The molecule has 0 fully saturated rings. The number of anilines is 1. The molecule has 0 aromatic heterocycles. The van der Waals surface area contributed by atoms with Crippen LogP contribution in [0.25, 0.3) is 0 Å². The molecule has 0 aliphatic rings. The molecule has 5 heteroatoms. The van der Waals surface area contributed by atoms with Crippen molar-refractivity contribution in [2.24, 2.45) is 0 Å². The summed E-state index contributed by atoms with van der Waals surface area (Å²) in [7, 11) is 1.56. The van der Waals surface area contributed by atoms with Crippen molar-refractivity contribution >= 4 is 37.5 Å². The van der Waals surface area contributed by atoms with E-state index >= 15 is 0 Å². The second-order valence-corrected chi connectivity index (χ2v) is 5.89. The molecule has 0 radical (unpaired) electrons. The van der Waals surface area contributed by atoms with Crippen molar-refractivity contribution in [2.75, 3.05) is 12.4 Å². The van der Waals surface area contributed by atoms with Gasteiger partial charge in [-0.1, -0.05) is 22.0 Å². The second kappa shape index (κ2) is 6.78. The van der Waals surface area contributed by atoms with E-state index in [1.165, 1.54) is 0 Å². The highest BCUT2D eigenvalue weighted by molar-refractivity contribution is 9.11. The molecular weight excluding hydrogens is 384 g/mol. The van der Waals surface area contributed by atoms with Gasteiger partial charge in [0, 0.05) is 21.2 Å². The van der Waals surface area contributed by atoms with Crippen molar-refractivity contribution in [1.29, 1.82) is 5.26 Å². The molecule has 2 aromatic carbocycles. The molecule has 2 rings (SSSR count). The first-order valence-electron chi connectivity index (χ1n) is 5.90. The fourth-order valence-corrected chi connectivity index (χ4v) is 2.53. The molecule has 1 N–H and O–H groups in total. The van der Waals surface area contributed by atoms with Gasteiger partial charge in [0.25, 0.3) is 0 Å². The first kappa shape index (κ1) is 14.9. The summed E-state index contributed by atoms with van der Waals surface area (Å²) < 4.78 is 7.14. The summed E-state index contributed by atoms with van der Waals surface area (Å²) in [5, 5.41) is 12.4. The Kier molecular flexibility index (Phi) is 5.05. The number of ether oxygens (including phenoxy) is 1. The number of methoxy groups -OCH3 is 1. The van der Waals surface area contributed by atoms with Crippen LogP contribution in [0, 0.1) is 11.3 Å². The number of nitrogens with zero attached hydrogens (tertiary/aromatic N) is 1. The van der Waals surface area contributed by atoms with Gasteiger partial charge >= 0.3 is 0 Å². The molecule has 0 aliphatic heterocycles. The van der Waals surface area contributed by atoms with Crippen molar-refractivity contribution in [3.05, 3.63) is 56.5 Å². The normalized spacial score (nSPS) is 9.90. The number of benzene rings is 2. The van der Waals surface area contributed by atoms with Crippen molar-refractivity contribution in [1.82, 2.24) is 0 Å². The number of hydrogen-bond acceptors (Lipinski definition) is 3. The second-order valence-electron chi connectivity index (χ2n) is 4.12. The van der Waals surface area contributed by atoms with E-state index in [4.69, 9.17) is 10.00 Å². The van der Waals surface area contributed by atoms with Crippen LogP contribution < -0.4 is 10.1 Å². The Bertz CT molecular complexity index is 665. The fourth-order valence-electron chi connectivity index (χ4n) is 1.78. The lowest BCUT2D eigenvalue weighted by atomic mass is 10.1. The minimum Gasteiger partial charge on any atom is -0.495 e. The van der Waals surface area contributed by atoms with E-state index in [0.717, 1.165) is 20.2 Å². The molecule has 0 saturated carbocycles. The van der Waals surface area contributed by atoms with E-state index < -0.39 is 0 Å². The van der Waals surface area contributed by atoms with Crippen LogP contribution in [0.4, 0.5) is 5.69 Å². The number of rotatable bonds is 4. The molecule has 0 spiro atoms. The molecule has 0 atom stereocenters. The lowest BCUT2D eigenvalue weighted by molar-refractivity contribution is 0.413. The summed E-state index contributed by atoms with van der Waals surface area (Å²) in [6, 6.07) is 13.7. The molecule has 102 valence electrons. The molecular formula is C15H12Br2N2O. The van der Waals surface area contributed by atoms with Crippen LogP contribution in [0.2, 0.25) is 0 Å². The topological polar surface area (TPSA) is 45.0 Å². The predicted molar refractivity (Wildman–Crippen MR) is 86.9 cm³/mol. The summed E-state index contributed by atoms with van der Waals surface area (Å²) in [6.45, 7) is 0.633. The SMILES string of the molecule is COc1ccc(CNc2cc(Br)ccc2Br)cc1C#N. The average Bonchev–Trinajstić information content (AvgIpc) is 2.47. The van der Waals surface area contributed by atoms with Crippen LogP contribution in [-0.2, 0) is 6.54 Å². The molecule has 0 amide bonds. The maximum absolute atomic E-state index is 9.08. The number of halogens is 2. The van der Waals surface area contributed by atoms with E-state index in [2.05, 4.69) is 43.2 Å². The quantitative estimate of drug-likeness (QED) is 0.815. The van der Waals surface area contributed by atoms with E-state index in [-0.39, 0.29) is 0 Å². The van der Waals surface area contributed by atoms with Crippen LogP contribution in [-0.4, -0.2) is 7.11 Å². The molecule has 0 aliphatic carbocycles. The molecule has 0 unspecified atom stereocenters. The van der Waals surface area contributed by atoms with E-state index in [9.17, 15) is 0 Å². The van der Waals surface area contributed by atoms with Gasteiger partial charge in [-0.2, -0.15) is 5.26 Å². The van der Waals surface area contributed by atoms with E-state index in [1.807, 2.05) is 36.4 Å². The van der Waals surface area contributed by atoms with Gasteiger partial charge in [0.05, 0.1) is 12.7 Å². The number of nitrogens with one attached hydrogen (secondary N) is 1. The highest BCUT2D eigenvalue weighted by Gasteiger charge is 2.05. The van der Waals surface area contributed by atoms with E-state index in [1.54, 1.807) is 7.11 Å². The van der Waals surface area contributed by atoms with Crippen LogP contribution in [0.1, 0.15) is 11.1 Å². The maximum atomic E-state index is 9.08. The lowest BCUT2D eigenvalue weighted by Gasteiger charge is -2.10. The third-order valence-electron chi connectivity index (χ3n) is 2.80. The summed E-state index contributed by atoms with van der Waals surface area (Å²) in [5.41, 5.74) is 2.56. The van der Waals surface area contributed by atoms with Crippen LogP contribution in [0.3, 0.4) is 0 Å². The van der Waals surface area contributed by atoms with Crippen molar-refractivity contribution in [3.8, 4) is 11.8 Å². The summed E-state index contributed by atoms with van der Waals surface area (Å²) in [4.78, 5) is 0. The Labute approximate surface area is 134 Å². The Morgan fingerprint density at radius 1 is 1.20 bits per heavy atom. The summed E-state index contributed by atoms with van der Waals surface area (Å²) >= 11 is 6.94. The third kappa shape index (κ3) is 3.53. The Morgan fingerprint density at radius 2 is 2.00 bits per heavy atom. The number of nitriles is 1. The highest BCUT2D eigenvalue weighted by Crippen LogP contribution is 2.27. The Morgan fingerprint density at radius 3 is 2.70 bits per heavy atom. The minimum absolute atomic E-state index is 0.542. The first-order valence-corrected chi connectivity index (χ1v) is 7.48. The monoisotopic (exact) mass is 394 g/mol. The Hall–Kier alpha value is -1.51. The van der Waals surface area contributed by atoms with Gasteiger partial charge in [0.1, 0.15) is 11.8 Å². The zero-order chi connectivity index (χ0) is 14.5. The zero-order valence-electron chi connectivity index (χ0n) is 10.8. The molecule has 0 bridgehead atoms. The molecule has 2 aromatic rings. The van der Waals surface area contributed by atoms with Gasteiger partial charge in [-0.25, -0.2) is 0 Å². The van der Waals surface area contributed by atoms with Gasteiger partial charge < -0.3 is 10.1 Å². The fraction of sp³-hybridized carbons (Fsp3) is 0.133. The van der Waals surface area contributed by atoms with Crippen molar-refractivity contribution in [3.63, 3.8) is 0 Å². The van der Waals surface area contributed by atoms with Crippen LogP contribution in [0.15, 0.2) is 45.3 Å². The minimum atomic E-state index is 0.542. The van der Waals surface area contributed by atoms with E-state index in [0.29, 0.717) is 17.9 Å². The van der Waals surface area contributed by atoms with Crippen molar-refractivity contribution in [2.45, 2.75) is 6.54 Å². The molecule has 0 heterocycles. The molecule has 0 saturated heterocycles. The highest BCUT2D eigenvalue weighted by atomic mass is 79.9. The first-order chi connectivity index (χ1) is 9.63. The lowest BCUT2D eigenvalue weighted by Crippen LogP contribution is -2.01. The van der Waals surface area contributed by atoms with Crippen LogP contribution >= 0.6 is 31.9 Å². The maximum Gasteiger partial charge on any atom is 0.136 e. The molecule has 20 heavy (non-hydrogen) atoms. The van der Waals surface area contributed by atoms with Gasteiger partial charge in [-0.15, -0.1) is 0 Å². The zero-order valence-corrected chi connectivity index (χ0v) is 14.0. The average molecular weight is 396 g/mol. The van der Waals surface area contributed by atoms with Crippen LogP contribution in [0.5, 0.6) is 5.75 Å². The molecule has 3 nitrogen and oxygen atoms in total. The largest absolute Gasteiger partial charge is 0.495 e. The standard InChI is InChI=1S/C15H12Br2N2O/c1-20-15-5-2-10(6-11(15)8-18)9-19-14-7-12(16)3-4-13(14)17/h2-7,19H,9H2,1H3. The summed E-state index contributed by atoms with van der Waals surface area (Å²) in [6.07, 6.45) is 0. The van der Waals surface area contributed by atoms with Gasteiger partial charge in [-0.3, -0.25) is 0 Å². The van der Waals surface area contributed by atoms with Gasteiger partial charge in [0.15, 0.2) is 0 Å². The predicted octanol–water partition coefficient (Wildman–Crippen LogP) is 4.70. The Balaban J connectivity index is 2.15. The number of hydrogen-bond donors (Lipinski definition) is 1. The summed E-state index contributed by atoms with van der Waals surface area (Å²) in [5.74, 6) is 0.597. The van der Waals surface area contributed by atoms with Crippen molar-refractivity contribution < 1.29 is 4.74 Å². The van der Waals surface area contributed by atoms with Gasteiger partial charge in [0.2, 0.25) is 0 Å². The smallest absolute Gasteiger partial charge is 0.136 e. The third-order valence-corrected chi connectivity index (χ3v) is 3.98. The van der Waals surface area contributed by atoms with Gasteiger partial charge in [-0.05, 0) is 51.8 Å².